The number of nitrogen functional groups attached to an aromatic ring is 1. The number of benzene rings is 2. The van der Waals surface area contributed by atoms with E-state index in [-0.39, 0.29) is 31.0 Å². The van der Waals surface area contributed by atoms with Crippen LogP contribution in [0.3, 0.4) is 0 Å². The number of anilines is 1. The van der Waals surface area contributed by atoms with Crippen molar-refractivity contribution in [2.75, 3.05) is 12.3 Å². The van der Waals surface area contributed by atoms with E-state index < -0.39 is 0 Å². The summed E-state index contributed by atoms with van der Waals surface area (Å²) in [7, 11) is 0. The molecule has 0 bridgehead atoms. The number of amides is 1. The Morgan fingerprint density at radius 3 is 2.75 bits per heavy atom. The third kappa shape index (κ3) is 4.65. The Morgan fingerprint density at radius 2 is 2.00 bits per heavy atom. The van der Waals surface area contributed by atoms with E-state index in [1.165, 1.54) is 11.1 Å². The number of carbonyl (C=O) groups excluding carboxylic acids is 1. The van der Waals surface area contributed by atoms with E-state index in [1.54, 1.807) is 0 Å². The van der Waals surface area contributed by atoms with Crippen LogP contribution in [0.1, 0.15) is 30.0 Å². The smallest absolute Gasteiger partial charge is 0.258 e. The van der Waals surface area contributed by atoms with Crippen LogP contribution in [0.2, 0.25) is 0 Å². The molecule has 0 aliphatic heterocycles. The Hall–Kier alpha value is -1.72. The van der Waals surface area contributed by atoms with Crippen molar-refractivity contribution in [3.8, 4) is 5.75 Å². The second kappa shape index (κ2) is 8.40. The minimum Gasteiger partial charge on any atom is -0.484 e. The summed E-state index contributed by atoms with van der Waals surface area (Å²) in [5.41, 5.74) is 9.01. The molecule has 0 heterocycles. The standard InChI is InChI=1S/C18H19BrN2O2.ClH/c19-13-4-7-15(8-5-13)23-11-18(22)21-17-3-1-2-12-10-14(20)6-9-16(12)17;/h4-10,17H,1-3,11,20H2,(H,21,22);1H. The van der Waals surface area contributed by atoms with E-state index in [0.29, 0.717) is 5.75 Å². The maximum atomic E-state index is 12.2. The Balaban J connectivity index is 0.00000208. The molecule has 0 saturated carbocycles. The predicted octanol–water partition coefficient (Wildman–Crippen LogP) is 4.03. The van der Waals surface area contributed by atoms with Crippen LogP contribution in [0, 0.1) is 0 Å². The van der Waals surface area contributed by atoms with Gasteiger partial charge in [0.25, 0.3) is 5.91 Å². The van der Waals surface area contributed by atoms with Crippen molar-refractivity contribution < 1.29 is 9.53 Å². The molecule has 3 N–H and O–H groups in total. The first-order valence-electron chi connectivity index (χ1n) is 7.68. The van der Waals surface area contributed by atoms with Gasteiger partial charge in [-0.2, -0.15) is 0 Å². The maximum absolute atomic E-state index is 12.2. The van der Waals surface area contributed by atoms with Gasteiger partial charge in [-0.25, -0.2) is 0 Å². The summed E-state index contributed by atoms with van der Waals surface area (Å²) in [4.78, 5) is 12.2. The Labute approximate surface area is 156 Å². The summed E-state index contributed by atoms with van der Waals surface area (Å²) in [6.07, 6.45) is 3.01. The second-order valence-corrected chi connectivity index (χ2v) is 6.63. The molecule has 4 nitrogen and oxygen atoms in total. The van der Waals surface area contributed by atoms with Gasteiger partial charge in [0.2, 0.25) is 0 Å². The predicted molar refractivity (Wildman–Crippen MR) is 102 cm³/mol. The lowest BCUT2D eigenvalue weighted by molar-refractivity contribution is -0.123. The van der Waals surface area contributed by atoms with Gasteiger partial charge in [0.1, 0.15) is 5.75 Å². The SMILES string of the molecule is Cl.Nc1ccc2c(c1)CCCC2NC(=O)COc1ccc(Br)cc1. The van der Waals surface area contributed by atoms with Gasteiger partial charge in [-0.15, -0.1) is 12.4 Å². The highest BCUT2D eigenvalue weighted by Crippen LogP contribution is 2.30. The molecule has 0 aromatic heterocycles. The molecule has 24 heavy (non-hydrogen) atoms. The molecule has 1 atom stereocenters. The van der Waals surface area contributed by atoms with Crippen molar-refractivity contribution in [1.29, 1.82) is 0 Å². The monoisotopic (exact) mass is 410 g/mol. The summed E-state index contributed by atoms with van der Waals surface area (Å²) >= 11 is 3.37. The van der Waals surface area contributed by atoms with Crippen molar-refractivity contribution >= 4 is 39.9 Å². The summed E-state index contributed by atoms with van der Waals surface area (Å²) in [5.74, 6) is 0.572. The lowest BCUT2D eigenvalue weighted by Crippen LogP contribution is -2.34. The number of hydrogen-bond donors (Lipinski definition) is 2. The van der Waals surface area contributed by atoms with Crippen molar-refractivity contribution in [3.63, 3.8) is 0 Å². The zero-order valence-electron chi connectivity index (χ0n) is 13.1. The Kier molecular flexibility index (Phi) is 6.52. The molecular formula is C18H20BrClN2O2. The molecule has 128 valence electrons. The number of halogens is 2. The first kappa shape index (κ1) is 18.6. The molecule has 3 rings (SSSR count). The van der Waals surface area contributed by atoms with Gasteiger partial charge in [-0.3, -0.25) is 4.79 Å². The van der Waals surface area contributed by atoms with Gasteiger partial charge in [-0.05, 0) is 66.8 Å². The fraction of sp³-hybridized carbons (Fsp3) is 0.278. The van der Waals surface area contributed by atoms with E-state index in [1.807, 2.05) is 42.5 Å². The van der Waals surface area contributed by atoms with Gasteiger partial charge in [0, 0.05) is 10.2 Å². The lowest BCUT2D eigenvalue weighted by atomic mass is 9.87. The highest BCUT2D eigenvalue weighted by Gasteiger charge is 2.21. The molecule has 1 aliphatic rings. The van der Waals surface area contributed by atoms with Crippen molar-refractivity contribution in [2.45, 2.75) is 25.3 Å². The number of ether oxygens (including phenoxy) is 1. The molecule has 2 aromatic carbocycles. The van der Waals surface area contributed by atoms with Crippen LogP contribution >= 0.6 is 28.3 Å². The van der Waals surface area contributed by atoms with Crippen LogP contribution in [0.15, 0.2) is 46.9 Å². The summed E-state index contributed by atoms with van der Waals surface area (Å²) in [6.45, 7) is 0.0163. The number of hydrogen-bond acceptors (Lipinski definition) is 3. The highest BCUT2D eigenvalue weighted by atomic mass is 79.9. The van der Waals surface area contributed by atoms with Crippen LogP contribution < -0.4 is 15.8 Å². The highest BCUT2D eigenvalue weighted by molar-refractivity contribution is 9.10. The molecule has 0 saturated heterocycles. The maximum Gasteiger partial charge on any atom is 0.258 e. The topological polar surface area (TPSA) is 64.3 Å². The van der Waals surface area contributed by atoms with Crippen LogP contribution in [-0.4, -0.2) is 12.5 Å². The molecule has 1 aliphatic carbocycles. The molecule has 1 unspecified atom stereocenters. The van der Waals surface area contributed by atoms with Crippen molar-refractivity contribution in [1.82, 2.24) is 5.32 Å². The molecule has 0 spiro atoms. The summed E-state index contributed by atoms with van der Waals surface area (Å²) in [5, 5.41) is 3.06. The van der Waals surface area contributed by atoms with Crippen molar-refractivity contribution in [2.24, 2.45) is 0 Å². The Morgan fingerprint density at radius 1 is 1.25 bits per heavy atom. The van der Waals surface area contributed by atoms with Gasteiger partial charge in [0.05, 0.1) is 6.04 Å². The molecule has 0 fully saturated rings. The minimum atomic E-state index is -0.109. The molecule has 1 amide bonds. The van der Waals surface area contributed by atoms with Crippen LogP contribution in [0.25, 0.3) is 0 Å². The van der Waals surface area contributed by atoms with Gasteiger partial charge < -0.3 is 15.8 Å². The third-order valence-corrected chi connectivity index (χ3v) is 4.53. The van der Waals surface area contributed by atoms with E-state index >= 15 is 0 Å². The van der Waals surface area contributed by atoms with E-state index in [2.05, 4.69) is 21.2 Å². The van der Waals surface area contributed by atoms with E-state index in [0.717, 1.165) is 29.4 Å². The van der Waals surface area contributed by atoms with E-state index in [9.17, 15) is 4.79 Å². The second-order valence-electron chi connectivity index (χ2n) is 5.71. The fourth-order valence-corrected chi connectivity index (χ4v) is 3.16. The van der Waals surface area contributed by atoms with Gasteiger partial charge >= 0.3 is 0 Å². The van der Waals surface area contributed by atoms with Crippen molar-refractivity contribution in [3.05, 3.63) is 58.1 Å². The van der Waals surface area contributed by atoms with E-state index in [4.69, 9.17) is 10.5 Å². The lowest BCUT2D eigenvalue weighted by Gasteiger charge is -2.26. The number of aryl methyl sites for hydroxylation is 1. The number of nitrogens with one attached hydrogen (secondary N) is 1. The minimum absolute atomic E-state index is 0. The van der Waals surface area contributed by atoms with Gasteiger partial charge in [0.15, 0.2) is 6.61 Å². The van der Waals surface area contributed by atoms with Crippen LogP contribution in [0.5, 0.6) is 5.75 Å². The summed E-state index contributed by atoms with van der Waals surface area (Å²) in [6, 6.07) is 13.4. The van der Waals surface area contributed by atoms with Crippen LogP contribution in [-0.2, 0) is 11.2 Å². The third-order valence-electron chi connectivity index (χ3n) is 4.00. The van der Waals surface area contributed by atoms with Crippen LogP contribution in [0.4, 0.5) is 5.69 Å². The molecule has 2 aromatic rings. The average Bonchev–Trinajstić information content (AvgIpc) is 2.54. The first-order valence-corrected chi connectivity index (χ1v) is 8.47. The fourth-order valence-electron chi connectivity index (χ4n) is 2.90. The molecule has 6 heteroatoms. The molecular weight excluding hydrogens is 392 g/mol. The quantitative estimate of drug-likeness (QED) is 0.747. The largest absolute Gasteiger partial charge is 0.484 e. The first-order chi connectivity index (χ1) is 11.1. The zero-order valence-corrected chi connectivity index (χ0v) is 15.5. The number of fused-ring (bicyclic) bond motifs is 1. The zero-order chi connectivity index (χ0) is 16.2. The van der Waals surface area contributed by atoms with Gasteiger partial charge in [-0.1, -0.05) is 22.0 Å². The number of rotatable bonds is 4. The molecule has 0 radical (unpaired) electrons. The normalized spacial score (nSPS) is 15.8. The number of nitrogens with two attached hydrogens (primary N) is 1. The number of carbonyl (C=O) groups is 1. The Bertz CT molecular complexity index is 707. The average molecular weight is 412 g/mol. The summed E-state index contributed by atoms with van der Waals surface area (Å²) < 4.78 is 6.50.